The molecule has 0 aliphatic rings. The van der Waals surface area contributed by atoms with Crippen LogP contribution >= 0.6 is 46.4 Å². The van der Waals surface area contributed by atoms with Crippen molar-refractivity contribution in [2.45, 2.75) is 0 Å². The molecular formula is C14H6Cl4O4Pb. The summed E-state index contributed by atoms with van der Waals surface area (Å²) in [6.45, 7) is 0. The maximum absolute atomic E-state index is 11.9. The van der Waals surface area contributed by atoms with Crippen molar-refractivity contribution in [3.63, 3.8) is 0 Å². The Morgan fingerprint density at radius 1 is 0.739 bits per heavy atom. The van der Waals surface area contributed by atoms with Crippen molar-refractivity contribution in [2.24, 2.45) is 0 Å². The van der Waals surface area contributed by atoms with Gasteiger partial charge in [0, 0.05) is 0 Å². The van der Waals surface area contributed by atoms with Crippen molar-refractivity contribution in [1.82, 2.24) is 0 Å². The van der Waals surface area contributed by atoms with E-state index in [1.807, 2.05) is 0 Å². The molecule has 0 fully saturated rings. The quantitative estimate of drug-likeness (QED) is 0.481. The Hall–Kier alpha value is -0.538. The standard InChI is InChI=1S/2C7H4Cl2O2.Pb/c2*8-5-3-1-2-4(6(5)9)7(10)11;/h2*1-3H,(H,10,11);/q;;+2/p-2. The molecule has 0 aromatic heterocycles. The van der Waals surface area contributed by atoms with Crippen LogP contribution in [0.3, 0.4) is 0 Å². The number of halogens is 4. The normalized spacial score (nSPS) is 10.3. The molecule has 2 radical (unpaired) electrons. The van der Waals surface area contributed by atoms with E-state index >= 15 is 0 Å². The summed E-state index contributed by atoms with van der Waals surface area (Å²) in [5, 5.41) is 0.647. The minimum atomic E-state index is -2.46. The van der Waals surface area contributed by atoms with Crippen LogP contribution in [0.4, 0.5) is 0 Å². The molecule has 2 rings (SSSR count). The molecule has 0 spiro atoms. The van der Waals surface area contributed by atoms with Crippen LogP contribution in [0.1, 0.15) is 20.7 Å². The van der Waals surface area contributed by atoms with Crippen LogP contribution in [-0.4, -0.2) is 37.1 Å². The number of carbonyl (C=O) groups is 2. The molecule has 0 heterocycles. The van der Waals surface area contributed by atoms with Crippen molar-refractivity contribution in [2.75, 3.05) is 0 Å². The summed E-state index contributed by atoms with van der Waals surface area (Å²) in [7, 11) is 0. The van der Waals surface area contributed by atoms with Crippen LogP contribution < -0.4 is 0 Å². The van der Waals surface area contributed by atoms with Crippen LogP contribution in [-0.2, 0) is 5.37 Å². The van der Waals surface area contributed by atoms with Gasteiger partial charge >= 0.3 is 166 Å². The fraction of sp³-hybridized carbons (Fsp3) is 0. The molecule has 0 amide bonds. The molecule has 0 bridgehead atoms. The van der Waals surface area contributed by atoms with E-state index in [9.17, 15) is 9.59 Å². The molecule has 0 N–H and O–H groups in total. The van der Waals surface area contributed by atoms with Gasteiger partial charge in [0.1, 0.15) is 0 Å². The summed E-state index contributed by atoms with van der Waals surface area (Å²) in [5.74, 6) is -1.38. The Balaban J connectivity index is 1.97. The molecule has 0 saturated carbocycles. The van der Waals surface area contributed by atoms with Crippen molar-refractivity contribution in [1.29, 1.82) is 0 Å². The van der Waals surface area contributed by atoms with Crippen molar-refractivity contribution in [3.8, 4) is 0 Å². The molecule has 0 atom stereocenters. The van der Waals surface area contributed by atoms with Gasteiger partial charge < -0.3 is 0 Å². The zero-order chi connectivity index (χ0) is 17.0. The van der Waals surface area contributed by atoms with E-state index in [0.29, 0.717) is 0 Å². The second-order valence-corrected chi connectivity index (χ2v) is 7.87. The molecule has 9 heteroatoms. The van der Waals surface area contributed by atoms with E-state index in [1.54, 1.807) is 24.3 Å². The molecule has 0 aliphatic carbocycles. The average molecular weight is 587 g/mol. The first-order chi connectivity index (χ1) is 10.9. The van der Waals surface area contributed by atoms with Crippen LogP contribution in [0.5, 0.6) is 0 Å². The average Bonchev–Trinajstić information content (AvgIpc) is 2.52. The van der Waals surface area contributed by atoms with E-state index in [1.165, 1.54) is 12.1 Å². The summed E-state index contributed by atoms with van der Waals surface area (Å²) in [6, 6.07) is 9.16. The summed E-state index contributed by atoms with van der Waals surface area (Å²) in [6.07, 6.45) is 0. The number of hydrogen-bond donors (Lipinski definition) is 0. The van der Waals surface area contributed by atoms with Crippen LogP contribution in [0.25, 0.3) is 0 Å². The molecule has 0 unspecified atom stereocenters. The van der Waals surface area contributed by atoms with Crippen molar-refractivity contribution < 1.29 is 15.0 Å². The zero-order valence-corrected chi connectivity index (χ0v) is 18.0. The Kier molecular flexibility index (Phi) is 6.97. The molecule has 2 aromatic rings. The van der Waals surface area contributed by atoms with Gasteiger partial charge in [-0.05, 0) is 0 Å². The second-order valence-electron chi connectivity index (χ2n) is 4.07. The van der Waals surface area contributed by atoms with E-state index in [-0.39, 0.29) is 31.2 Å². The SMILES string of the molecule is O=C([O][Pb][O]C(=O)c1cccc(Cl)c1Cl)c1cccc(Cl)c1Cl. The third kappa shape index (κ3) is 4.73. The van der Waals surface area contributed by atoms with E-state index < -0.39 is 37.1 Å². The van der Waals surface area contributed by atoms with Crippen LogP contribution in [0.2, 0.25) is 20.1 Å². The third-order valence-electron chi connectivity index (χ3n) is 2.61. The fourth-order valence-corrected chi connectivity index (χ4v) is 3.89. The minimum absolute atomic E-state index is 0.0898. The van der Waals surface area contributed by atoms with E-state index in [2.05, 4.69) is 0 Å². The van der Waals surface area contributed by atoms with Gasteiger partial charge in [0.25, 0.3) is 0 Å². The van der Waals surface area contributed by atoms with Gasteiger partial charge in [-0.25, -0.2) is 0 Å². The van der Waals surface area contributed by atoms with Gasteiger partial charge in [-0.3, -0.25) is 0 Å². The van der Waals surface area contributed by atoms with Gasteiger partial charge in [-0.1, -0.05) is 0 Å². The van der Waals surface area contributed by atoms with Gasteiger partial charge in [-0.2, -0.15) is 0 Å². The van der Waals surface area contributed by atoms with Crippen molar-refractivity contribution in [3.05, 3.63) is 67.6 Å². The molecule has 23 heavy (non-hydrogen) atoms. The van der Waals surface area contributed by atoms with Crippen LogP contribution in [0, 0.1) is 0 Å². The Bertz CT molecular complexity index is 703. The first-order valence-corrected chi connectivity index (χ1v) is 10.7. The number of hydrogen-bond acceptors (Lipinski definition) is 4. The van der Waals surface area contributed by atoms with Gasteiger partial charge in [0.15, 0.2) is 0 Å². The summed E-state index contributed by atoms with van der Waals surface area (Å²) < 4.78 is 10.0. The van der Waals surface area contributed by atoms with Crippen molar-refractivity contribution >= 4 is 83.5 Å². The summed E-state index contributed by atoms with van der Waals surface area (Å²) in [4.78, 5) is 23.8. The molecule has 118 valence electrons. The Morgan fingerprint density at radius 3 is 1.52 bits per heavy atom. The number of rotatable bonds is 4. The maximum atomic E-state index is 11.9. The molecule has 2 aromatic carbocycles. The Morgan fingerprint density at radius 2 is 1.13 bits per heavy atom. The zero-order valence-electron chi connectivity index (χ0n) is 11.1. The molecular weight excluding hydrogens is 581 g/mol. The predicted octanol–water partition coefficient (Wildman–Crippen LogP) is 4.85. The van der Waals surface area contributed by atoms with E-state index in [0.717, 1.165) is 0 Å². The fourth-order valence-electron chi connectivity index (χ4n) is 1.53. The number of benzene rings is 2. The van der Waals surface area contributed by atoms with Gasteiger partial charge in [0.2, 0.25) is 0 Å². The summed E-state index contributed by atoms with van der Waals surface area (Å²) >= 11 is 21.0. The molecule has 4 nitrogen and oxygen atoms in total. The third-order valence-corrected chi connectivity index (χ3v) is 6.34. The first-order valence-electron chi connectivity index (χ1n) is 5.97. The topological polar surface area (TPSA) is 52.6 Å². The first kappa shape index (κ1) is 18.8. The molecule has 0 saturated heterocycles. The number of carbonyl (C=O) groups excluding carboxylic acids is 2. The predicted molar refractivity (Wildman–Crippen MR) is 89.5 cm³/mol. The van der Waals surface area contributed by atoms with Gasteiger partial charge in [-0.15, -0.1) is 0 Å². The Labute approximate surface area is 165 Å². The molecule has 0 aliphatic heterocycles. The van der Waals surface area contributed by atoms with E-state index in [4.69, 9.17) is 51.8 Å². The van der Waals surface area contributed by atoms with Crippen LogP contribution in [0.15, 0.2) is 36.4 Å². The monoisotopic (exact) mass is 586 g/mol. The van der Waals surface area contributed by atoms with Gasteiger partial charge in [0.05, 0.1) is 0 Å². The summed E-state index contributed by atoms with van der Waals surface area (Å²) in [5.41, 5.74) is 0.229. The second kappa shape index (κ2) is 8.53.